The van der Waals surface area contributed by atoms with E-state index in [0.29, 0.717) is 64.6 Å². The predicted octanol–water partition coefficient (Wildman–Crippen LogP) is 5.18. The van der Waals surface area contributed by atoms with E-state index in [1.165, 1.54) is 21.1 Å². The van der Waals surface area contributed by atoms with E-state index in [2.05, 4.69) is 57.3 Å². The zero-order valence-electron chi connectivity index (χ0n) is 38.1. The van der Waals surface area contributed by atoms with Crippen molar-refractivity contribution < 1.29 is 43.5 Å². The van der Waals surface area contributed by atoms with Crippen LogP contribution in [0, 0.1) is 28.1 Å². The summed E-state index contributed by atoms with van der Waals surface area (Å²) in [5.74, 6) is -2.44. The van der Waals surface area contributed by atoms with Gasteiger partial charge >= 0.3 is 17.9 Å². The van der Waals surface area contributed by atoms with E-state index in [1.807, 2.05) is 37.4 Å². The lowest BCUT2D eigenvalue weighted by molar-refractivity contribution is -0.243. The third-order valence-electron chi connectivity index (χ3n) is 17.1. The zero-order valence-corrected chi connectivity index (χ0v) is 38.9. The van der Waals surface area contributed by atoms with Crippen LogP contribution in [0.25, 0.3) is 16.1 Å². The third-order valence-corrected chi connectivity index (χ3v) is 18.0. The van der Waals surface area contributed by atoms with Crippen LogP contribution in [0.5, 0.6) is 0 Å². The molecule has 0 amide bonds. The van der Waals surface area contributed by atoms with Crippen LogP contribution in [0.15, 0.2) is 70.9 Å². The van der Waals surface area contributed by atoms with E-state index in [4.69, 9.17) is 18.9 Å². The molecule has 4 fully saturated rings. The number of aromatic nitrogens is 1. The molecule has 2 N–H and O–H groups in total. The third kappa shape index (κ3) is 5.84. The number of hydrogen-bond donors (Lipinski definition) is 2. The van der Waals surface area contributed by atoms with Gasteiger partial charge in [0.1, 0.15) is 5.01 Å². The van der Waals surface area contributed by atoms with Gasteiger partial charge in [-0.15, -0.1) is 11.3 Å². The molecule has 6 heterocycles. The Balaban J connectivity index is 1.23. The first-order chi connectivity index (χ1) is 30.7. The van der Waals surface area contributed by atoms with Crippen molar-refractivity contribution in [2.45, 2.75) is 101 Å². The highest BCUT2D eigenvalue weighted by atomic mass is 32.1. The lowest BCUT2D eigenvalue weighted by atomic mass is 9.47. The van der Waals surface area contributed by atoms with E-state index >= 15 is 4.79 Å². The first-order valence-electron chi connectivity index (χ1n) is 23.1. The fourth-order valence-corrected chi connectivity index (χ4v) is 15.5. The number of methoxy groups -OCH3 is 3. The van der Waals surface area contributed by atoms with E-state index in [9.17, 15) is 19.8 Å². The number of rotatable bonds is 8. The van der Waals surface area contributed by atoms with Crippen molar-refractivity contribution >= 4 is 34.8 Å². The Labute approximate surface area is 379 Å². The summed E-state index contributed by atoms with van der Waals surface area (Å²) in [5, 5.41) is 28.5. The molecule has 3 saturated heterocycles. The molecule has 13 nitrogen and oxygen atoms in total. The molecule has 3 unspecified atom stereocenters. The Morgan fingerprint density at radius 1 is 1.00 bits per heavy atom. The SMILES string of the molecule is CC[C@]1(O)C[C@H]2CN(CCC3=C(Cc4ccc(-c5nccs5)cc43)[C@@](C(=O)OC)(C3C=C4C(=CC3OC)N(C)[C@H]3[C@@](O)(C(=O)OC)[C@H](OC(C)=O)[C@]5(CC)C=CCN6CC[C@]43[C@@H]65)C2)C1. The number of likely N-dealkylation sites (N-methyl/N-ethyl adjacent to an activating group) is 1. The number of hydrogen-bond acceptors (Lipinski definition) is 14. The summed E-state index contributed by atoms with van der Waals surface area (Å²) >= 11 is 1.60. The second-order valence-electron chi connectivity index (χ2n) is 19.9. The topological polar surface area (TPSA) is 151 Å². The van der Waals surface area contributed by atoms with Gasteiger partial charge in [-0.3, -0.25) is 19.4 Å². The largest absolute Gasteiger partial charge is 0.468 e. The van der Waals surface area contributed by atoms with Gasteiger partial charge in [0.2, 0.25) is 5.60 Å². The van der Waals surface area contributed by atoms with E-state index in [0.717, 1.165) is 57.2 Å². The van der Waals surface area contributed by atoms with E-state index in [-0.39, 0.29) is 17.9 Å². The molecule has 0 radical (unpaired) electrons. The summed E-state index contributed by atoms with van der Waals surface area (Å²) in [6.45, 7) is 8.76. The zero-order chi connectivity index (χ0) is 45.1. The number of esters is 3. The fourth-order valence-electron chi connectivity index (χ4n) is 14.9. The number of nitrogens with zero attached hydrogens (tertiary/aromatic N) is 4. The van der Waals surface area contributed by atoms with Crippen LogP contribution < -0.4 is 0 Å². The Kier molecular flexibility index (Phi) is 10.5. The first-order valence-corrected chi connectivity index (χ1v) is 24.0. The van der Waals surface area contributed by atoms with Crippen LogP contribution in [0.2, 0.25) is 0 Å². The van der Waals surface area contributed by atoms with Crippen molar-refractivity contribution in [2.75, 3.05) is 61.1 Å². The van der Waals surface area contributed by atoms with Gasteiger partial charge < -0.3 is 34.1 Å². The minimum atomic E-state index is -2.29. The highest BCUT2D eigenvalue weighted by molar-refractivity contribution is 7.13. The van der Waals surface area contributed by atoms with Gasteiger partial charge in [0, 0.05) is 92.9 Å². The summed E-state index contributed by atoms with van der Waals surface area (Å²) in [4.78, 5) is 54.7. The Morgan fingerprint density at radius 2 is 1.80 bits per heavy atom. The maximum atomic E-state index is 15.6. The summed E-state index contributed by atoms with van der Waals surface area (Å²) in [6, 6.07) is 5.37. The number of benzene rings is 1. The molecule has 2 aromatic rings. The van der Waals surface area contributed by atoms with Gasteiger partial charge in [-0.25, -0.2) is 9.78 Å². The summed E-state index contributed by atoms with van der Waals surface area (Å²) in [5.41, 5.74) is 0.904. The van der Waals surface area contributed by atoms with Crippen molar-refractivity contribution in [3.63, 3.8) is 0 Å². The molecule has 14 heteroatoms. The van der Waals surface area contributed by atoms with Crippen molar-refractivity contribution in [3.05, 3.63) is 82.1 Å². The number of carbonyl (C=O) groups excluding carboxylic acids is 3. The van der Waals surface area contributed by atoms with Crippen LogP contribution in [0.1, 0.15) is 70.4 Å². The van der Waals surface area contributed by atoms with Crippen LogP contribution in [-0.2, 0) is 39.8 Å². The van der Waals surface area contributed by atoms with Crippen LogP contribution in [0.4, 0.5) is 0 Å². The van der Waals surface area contributed by atoms with Gasteiger partial charge in [0.25, 0.3) is 0 Å². The molecular weight excluding hydrogens is 833 g/mol. The molecule has 64 heavy (non-hydrogen) atoms. The van der Waals surface area contributed by atoms with Gasteiger partial charge in [-0.05, 0) is 97.4 Å². The average molecular weight is 895 g/mol. The van der Waals surface area contributed by atoms with Crippen molar-refractivity contribution in [3.8, 4) is 10.6 Å². The van der Waals surface area contributed by atoms with Crippen LogP contribution in [-0.4, -0.2) is 144 Å². The average Bonchev–Trinajstić information content (AvgIpc) is 4.10. The van der Waals surface area contributed by atoms with Crippen LogP contribution in [0.3, 0.4) is 0 Å². The Morgan fingerprint density at radius 3 is 2.48 bits per heavy atom. The highest BCUT2D eigenvalue weighted by Gasteiger charge is 2.81. The summed E-state index contributed by atoms with van der Waals surface area (Å²) in [6.07, 6.45) is 12.3. The monoisotopic (exact) mass is 894 g/mol. The molecule has 2 bridgehead atoms. The molecule has 1 aromatic carbocycles. The van der Waals surface area contributed by atoms with Crippen molar-refractivity contribution in [1.82, 2.24) is 19.7 Å². The van der Waals surface area contributed by atoms with Gasteiger partial charge in [-0.2, -0.15) is 0 Å². The maximum Gasteiger partial charge on any atom is 0.344 e. The number of ether oxygens (including phenoxy) is 4. The normalized spacial score (nSPS) is 39.5. The molecule has 1 saturated carbocycles. The molecule has 8 aliphatic rings. The highest BCUT2D eigenvalue weighted by Crippen LogP contribution is 2.71. The molecule has 1 aromatic heterocycles. The predicted molar refractivity (Wildman–Crippen MR) is 240 cm³/mol. The molecule has 12 atom stereocenters. The standard InChI is InChI=1S/C50H62N4O9S/c1-8-46(58)25-30-26-49(44(56)61-6,35-22-31-11-12-32(40-51-16-20-64-40)21-34(31)33(35)13-18-53(27-30)28-46)37-23-36-38(24-39(37)60-5)52(4)42-48(36)15-19-54-17-10-14-47(9-2,41(48)54)43(63-29(3)55)50(42,59)45(57)62-7/h10-12,14,16,20-21,23-24,30,37,39,41-43,58-59H,8-9,13,15,17-19,22,25-28H2,1-7H3/t30-,37?,39?,41+,42-,43-,46+,47-,48-,49-,50+/m1/s1. The molecular formula is C50H62N4O9S. The second kappa shape index (κ2) is 15.4. The van der Waals surface area contributed by atoms with E-state index < -0.39 is 63.6 Å². The summed E-state index contributed by atoms with van der Waals surface area (Å²) in [7, 11) is 6.33. The molecule has 5 aliphatic heterocycles. The number of thiazole rings is 1. The fraction of sp³-hybridized carbons (Fsp3) is 0.600. The number of piperidine rings is 1. The van der Waals surface area contributed by atoms with Crippen molar-refractivity contribution in [1.29, 1.82) is 0 Å². The Bertz CT molecular complexity index is 2400. The first kappa shape index (κ1) is 43.7. The number of allylic oxidation sites excluding steroid dienone is 1. The van der Waals surface area contributed by atoms with E-state index in [1.54, 1.807) is 18.4 Å². The van der Waals surface area contributed by atoms with Gasteiger partial charge in [0.15, 0.2) is 6.10 Å². The lowest BCUT2D eigenvalue weighted by Gasteiger charge is -2.63. The quantitative estimate of drug-likeness (QED) is 0.204. The minimum Gasteiger partial charge on any atom is -0.468 e. The maximum absolute atomic E-state index is 15.6. The van der Waals surface area contributed by atoms with Crippen molar-refractivity contribution in [2.24, 2.45) is 28.1 Å². The molecule has 1 spiro atoms. The Hall–Kier alpha value is -4.18. The number of carbonyl (C=O) groups is 3. The van der Waals surface area contributed by atoms with Crippen LogP contribution >= 0.6 is 11.3 Å². The smallest absolute Gasteiger partial charge is 0.344 e. The van der Waals surface area contributed by atoms with Gasteiger partial charge in [-0.1, -0.05) is 44.2 Å². The molecule has 3 aliphatic carbocycles. The van der Waals surface area contributed by atoms with Gasteiger partial charge in [0.05, 0.1) is 37.4 Å². The number of aliphatic hydroxyl groups is 2. The molecule has 10 rings (SSSR count). The number of likely N-dealkylation sites (tertiary alicyclic amines) is 1. The minimum absolute atomic E-state index is 0.0560. The lowest BCUT2D eigenvalue weighted by Crippen LogP contribution is -2.79. The summed E-state index contributed by atoms with van der Waals surface area (Å²) < 4.78 is 24.4. The molecule has 342 valence electrons. The number of fused-ring (bicyclic) bond motifs is 5. The second-order valence-corrected chi connectivity index (χ2v) is 20.8.